The molecule has 2 rings (SSSR count). The highest BCUT2D eigenvalue weighted by atomic mass is 19.4. The summed E-state index contributed by atoms with van der Waals surface area (Å²) < 4.78 is 44.4. The van der Waals surface area contributed by atoms with Gasteiger partial charge in [-0.05, 0) is 49.4 Å². The van der Waals surface area contributed by atoms with Crippen LogP contribution in [0.15, 0.2) is 42.5 Å². The van der Waals surface area contributed by atoms with Crippen LogP contribution in [-0.2, 0) is 6.18 Å². The number of nitrogens with one attached hydrogen (secondary N) is 2. The molecule has 0 aromatic heterocycles. The number of nitriles is 1. The van der Waals surface area contributed by atoms with E-state index in [1.807, 2.05) is 6.92 Å². The summed E-state index contributed by atoms with van der Waals surface area (Å²) in [7, 11) is 0. The number of hydrogen-bond donors (Lipinski definition) is 2. The van der Waals surface area contributed by atoms with Gasteiger partial charge in [-0.2, -0.15) is 18.4 Å². The molecule has 0 heterocycles. The predicted molar refractivity (Wildman–Crippen MR) is 84.9 cm³/mol. The molecule has 1 amide bonds. The highest BCUT2D eigenvalue weighted by Crippen LogP contribution is 2.35. The number of nitrogens with zero attached hydrogens (tertiary/aromatic N) is 1. The van der Waals surface area contributed by atoms with E-state index in [2.05, 4.69) is 10.9 Å². The van der Waals surface area contributed by atoms with Crippen LogP contribution in [0, 0.1) is 11.3 Å². The number of carbonyl (C=O) groups excluding carboxylic acids is 1. The topological polar surface area (TPSA) is 74.2 Å². The minimum Gasteiger partial charge on any atom is -0.494 e. The van der Waals surface area contributed by atoms with E-state index in [1.165, 1.54) is 18.2 Å². The Bertz CT molecular complexity index is 796. The summed E-state index contributed by atoms with van der Waals surface area (Å²) in [4.78, 5) is 12.0. The molecule has 2 aromatic rings. The summed E-state index contributed by atoms with van der Waals surface area (Å²) in [6.45, 7) is 2.30. The van der Waals surface area contributed by atoms with Gasteiger partial charge in [0.25, 0.3) is 5.91 Å². The summed E-state index contributed by atoms with van der Waals surface area (Å²) in [6.07, 6.45) is -4.67. The molecule has 2 N–H and O–H groups in total. The lowest BCUT2D eigenvalue weighted by atomic mass is 10.1. The van der Waals surface area contributed by atoms with Crippen molar-refractivity contribution in [2.75, 3.05) is 12.0 Å². The predicted octanol–water partition coefficient (Wildman–Crippen LogP) is 3.73. The molecular formula is C17H14F3N3O2. The Hall–Kier alpha value is -3.21. The first kappa shape index (κ1) is 18.1. The lowest BCUT2D eigenvalue weighted by Gasteiger charge is -2.15. The molecule has 0 aliphatic carbocycles. The minimum atomic E-state index is -4.67. The number of hydrazine groups is 1. The van der Waals surface area contributed by atoms with Crippen LogP contribution in [0.3, 0.4) is 0 Å². The molecule has 25 heavy (non-hydrogen) atoms. The second-order valence-corrected chi connectivity index (χ2v) is 4.91. The normalized spacial score (nSPS) is 10.7. The Labute approximate surface area is 142 Å². The van der Waals surface area contributed by atoms with Crippen molar-refractivity contribution >= 4 is 11.6 Å². The molecule has 0 spiro atoms. The van der Waals surface area contributed by atoms with Gasteiger partial charge in [0.2, 0.25) is 0 Å². The average molecular weight is 349 g/mol. The molecule has 0 aliphatic rings. The molecule has 8 heteroatoms. The number of hydrogen-bond acceptors (Lipinski definition) is 4. The maximum Gasteiger partial charge on any atom is 0.418 e. The van der Waals surface area contributed by atoms with E-state index in [0.717, 1.165) is 6.07 Å². The largest absolute Gasteiger partial charge is 0.494 e. The molecule has 0 unspecified atom stereocenters. The Morgan fingerprint density at radius 2 is 1.88 bits per heavy atom. The molecule has 0 saturated carbocycles. The van der Waals surface area contributed by atoms with Crippen LogP contribution in [0.1, 0.15) is 28.4 Å². The molecule has 5 nitrogen and oxygen atoms in total. The van der Waals surface area contributed by atoms with Crippen molar-refractivity contribution in [2.24, 2.45) is 0 Å². The van der Waals surface area contributed by atoms with Crippen LogP contribution >= 0.6 is 0 Å². The Balaban J connectivity index is 2.13. The summed E-state index contributed by atoms with van der Waals surface area (Å²) in [5.41, 5.74) is 3.17. The first-order chi connectivity index (χ1) is 11.8. The zero-order chi connectivity index (χ0) is 18.4. The van der Waals surface area contributed by atoms with E-state index in [1.54, 1.807) is 18.2 Å². The van der Waals surface area contributed by atoms with Crippen LogP contribution in [0.5, 0.6) is 5.75 Å². The number of amides is 1. The maximum atomic E-state index is 13.1. The number of benzene rings is 2. The van der Waals surface area contributed by atoms with Crippen LogP contribution < -0.4 is 15.6 Å². The lowest BCUT2D eigenvalue weighted by Crippen LogP contribution is -2.30. The van der Waals surface area contributed by atoms with Gasteiger partial charge >= 0.3 is 6.18 Å². The van der Waals surface area contributed by atoms with Gasteiger partial charge in [-0.3, -0.25) is 15.6 Å². The van der Waals surface area contributed by atoms with Crippen molar-refractivity contribution in [1.82, 2.24) is 5.43 Å². The summed E-state index contributed by atoms with van der Waals surface area (Å²) in [6, 6.07) is 10.8. The molecule has 130 valence electrons. The highest BCUT2D eigenvalue weighted by Gasteiger charge is 2.34. The van der Waals surface area contributed by atoms with Gasteiger partial charge in [-0.15, -0.1) is 0 Å². The highest BCUT2D eigenvalue weighted by molar-refractivity contribution is 5.95. The maximum absolute atomic E-state index is 13.1. The number of ether oxygens (including phenoxy) is 1. The molecule has 0 atom stereocenters. The third-order valence-corrected chi connectivity index (χ3v) is 3.19. The fourth-order valence-corrected chi connectivity index (χ4v) is 2.02. The number of rotatable bonds is 5. The van der Waals surface area contributed by atoms with Gasteiger partial charge in [0.1, 0.15) is 5.75 Å². The van der Waals surface area contributed by atoms with Crippen LogP contribution in [0.4, 0.5) is 18.9 Å². The summed E-state index contributed by atoms with van der Waals surface area (Å²) in [5, 5.41) is 8.73. The molecular weight excluding hydrogens is 335 g/mol. The third-order valence-electron chi connectivity index (χ3n) is 3.19. The van der Waals surface area contributed by atoms with E-state index < -0.39 is 17.6 Å². The first-order valence-corrected chi connectivity index (χ1v) is 7.25. The molecule has 0 saturated heterocycles. The SMILES string of the molecule is CCOc1ccc(C(=O)NNc2ccc(C#N)cc2C(F)(F)F)cc1. The first-order valence-electron chi connectivity index (χ1n) is 7.25. The van der Waals surface area contributed by atoms with E-state index in [0.29, 0.717) is 18.4 Å². The lowest BCUT2D eigenvalue weighted by molar-refractivity contribution is -0.137. The van der Waals surface area contributed by atoms with Crippen molar-refractivity contribution < 1.29 is 22.7 Å². The fourth-order valence-electron chi connectivity index (χ4n) is 2.02. The standard InChI is InChI=1S/C17H14F3N3O2/c1-2-25-13-6-4-12(5-7-13)16(24)23-22-15-8-3-11(10-21)9-14(15)17(18,19)20/h3-9,22H,2H2,1H3,(H,23,24). The Morgan fingerprint density at radius 1 is 1.20 bits per heavy atom. The number of anilines is 1. The van der Waals surface area contributed by atoms with Crippen molar-refractivity contribution in [1.29, 1.82) is 5.26 Å². The Kier molecular flexibility index (Phi) is 5.49. The van der Waals surface area contributed by atoms with Gasteiger partial charge in [0, 0.05) is 5.56 Å². The van der Waals surface area contributed by atoms with Gasteiger partial charge in [-0.25, -0.2) is 0 Å². The minimum absolute atomic E-state index is 0.129. The second kappa shape index (κ2) is 7.57. The Morgan fingerprint density at radius 3 is 2.44 bits per heavy atom. The second-order valence-electron chi connectivity index (χ2n) is 4.91. The van der Waals surface area contributed by atoms with E-state index in [-0.39, 0.29) is 16.8 Å². The van der Waals surface area contributed by atoms with Crippen molar-refractivity contribution in [2.45, 2.75) is 13.1 Å². The van der Waals surface area contributed by atoms with Crippen LogP contribution in [0.25, 0.3) is 0 Å². The van der Waals surface area contributed by atoms with Gasteiger partial charge in [0.15, 0.2) is 0 Å². The fraction of sp³-hybridized carbons (Fsp3) is 0.176. The van der Waals surface area contributed by atoms with Gasteiger partial charge in [-0.1, -0.05) is 0 Å². The smallest absolute Gasteiger partial charge is 0.418 e. The average Bonchev–Trinajstić information content (AvgIpc) is 2.59. The number of alkyl halides is 3. The molecule has 0 bridgehead atoms. The van der Waals surface area contributed by atoms with E-state index in [9.17, 15) is 18.0 Å². The zero-order valence-electron chi connectivity index (χ0n) is 13.1. The summed E-state index contributed by atoms with van der Waals surface area (Å²) in [5.74, 6) is -0.0287. The van der Waals surface area contributed by atoms with Crippen LogP contribution in [0.2, 0.25) is 0 Å². The third kappa shape index (κ3) is 4.64. The number of halogens is 3. The molecule has 0 fully saturated rings. The van der Waals surface area contributed by atoms with Crippen molar-refractivity contribution in [3.05, 3.63) is 59.2 Å². The van der Waals surface area contributed by atoms with Gasteiger partial charge < -0.3 is 4.74 Å². The molecule has 0 aliphatic heterocycles. The quantitative estimate of drug-likeness (QED) is 0.807. The van der Waals surface area contributed by atoms with E-state index >= 15 is 0 Å². The monoisotopic (exact) mass is 349 g/mol. The summed E-state index contributed by atoms with van der Waals surface area (Å²) >= 11 is 0. The van der Waals surface area contributed by atoms with Crippen molar-refractivity contribution in [3.8, 4) is 11.8 Å². The van der Waals surface area contributed by atoms with Gasteiger partial charge in [0.05, 0.1) is 29.5 Å². The zero-order valence-corrected chi connectivity index (χ0v) is 13.1. The van der Waals surface area contributed by atoms with Crippen molar-refractivity contribution in [3.63, 3.8) is 0 Å². The molecule has 0 radical (unpaired) electrons. The van der Waals surface area contributed by atoms with Crippen LogP contribution in [-0.4, -0.2) is 12.5 Å². The number of carbonyl (C=O) groups is 1. The van der Waals surface area contributed by atoms with E-state index in [4.69, 9.17) is 10.00 Å². The molecule has 2 aromatic carbocycles.